The molecule has 20 rings (SSSR count). The molecule has 1 aliphatic rings. The van der Waals surface area contributed by atoms with E-state index in [4.69, 9.17) is 8.83 Å². The van der Waals surface area contributed by atoms with Gasteiger partial charge in [0.1, 0.15) is 22.3 Å². The number of anilines is 5. The van der Waals surface area contributed by atoms with Crippen molar-refractivity contribution in [2.24, 2.45) is 0 Å². The van der Waals surface area contributed by atoms with Gasteiger partial charge in [0.2, 0.25) is 0 Å². The van der Waals surface area contributed by atoms with Crippen LogP contribution in [0.1, 0.15) is 11.1 Å². The van der Waals surface area contributed by atoms with Crippen molar-refractivity contribution in [3.8, 4) is 77.9 Å². The van der Waals surface area contributed by atoms with Crippen molar-refractivity contribution in [1.82, 2.24) is 0 Å². The van der Waals surface area contributed by atoms with Crippen LogP contribution in [0.4, 0.5) is 28.4 Å². The second kappa shape index (κ2) is 27.5. The number of rotatable bonds is 11. The van der Waals surface area contributed by atoms with Crippen molar-refractivity contribution in [3.63, 3.8) is 0 Å². The van der Waals surface area contributed by atoms with Gasteiger partial charge in [-0.05, 0) is 186 Å². The summed E-state index contributed by atoms with van der Waals surface area (Å²) in [7, 11) is 0. The summed E-state index contributed by atoms with van der Waals surface area (Å²) in [6.45, 7) is 0. The second-order valence-electron chi connectivity index (χ2n) is 26.0. The number of nitrogens with zero attached hydrogens (tertiary/aromatic N) is 1. The molecule has 103 heavy (non-hydrogen) atoms. The van der Waals surface area contributed by atoms with Gasteiger partial charge in [-0.25, -0.2) is 0 Å². The molecule has 488 valence electrons. The van der Waals surface area contributed by atoms with Crippen LogP contribution < -0.4 is 10.2 Å². The SMILES string of the molecule is Brc1ccc(-c2cccc3c2sc2ccccc23)cc1.c1ccc(-c2ccc(-c3ccc(N(c4ccc(-c5cccc6c5Cc5ccccc5-6)cc4)c4cccc5oc6ccccc6c45)cc3)cc2)cc1.c1ccc(-c2ccc(-c3ccc(Nc4cccc5oc6ccccc6c45)cc3)cc2)cc1. The molecule has 0 saturated carbocycles. The molecule has 0 atom stereocenters. The normalized spacial score (nSPS) is 11.5. The summed E-state index contributed by atoms with van der Waals surface area (Å²) in [6, 6.07) is 133. The van der Waals surface area contributed by atoms with Crippen LogP contribution >= 0.6 is 27.3 Å². The van der Waals surface area contributed by atoms with Gasteiger partial charge in [-0.3, -0.25) is 0 Å². The Kier molecular flexibility index (Phi) is 16.7. The van der Waals surface area contributed by atoms with Gasteiger partial charge >= 0.3 is 0 Å². The summed E-state index contributed by atoms with van der Waals surface area (Å²) in [5, 5.41) is 10.7. The molecule has 1 aliphatic carbocycles. The molecule has 0 radical (unpaired) electrons. The highest BCUT2D eigenvalue weighted by atomic mass is 79.9. The van der Waals surface area contributed by atoms with E-state index in [0.717, 1.165) is 83.2 Å². The fraction of sp³-hybridized carbons (Fsp3) is 0.0103. The van der Waals surface area contributed by atoms with Crippen LogP contribution in [0.2, 0.25) is 0 Å². The minimum atomic E-state index is 0.880. The summed E-state index contributed by atoms with van der Waals surface area (Å²) in [4.78, 5) is 2.36. The molecule has 0 saturated heterocycles. The second-order valence-corrected chi connectivity index (χ2v) is 28.0. The molecule has 6 heteroatoms. The topological polar surface area (TPSA) is 41.6 Å². The summed E-state index contributed by atoms with van der Waals surface area (Å²) in [5.74, 6) is 0. The van der Waals surface area contributed by atoms with Crippen molar-refractivity contribution < 1.29 is 8.83 Å². The molecule has 3 heterocycles. The molecule has 0 amide bonds. The first-order chi connectivity index (χ1) is 51.0. The fourth-order valence-electron chi connectivity index (χ4n) is 14.7. The van der Waals surface area contributed by atoms with Crippen molar-refractivity contribution >= 4 is 120 Å². The van der Waals surface area contributed by atoms with Gasteiger partial charge in [0.05, 0.1) is 22.1 Å². The fourth-order valence-corrected chi connectivity index (χ4v) is 16.2. The minimum Gasteiger partial charge on any atom is -0.456 e. The number of halogens is 1. The van der Waals surface area contributed by atoms with Crippen LogP contribution in [0.5, 0.6) is 0 Å². The first kappa shape index (κ1) is 62.7. The zero-order valence-corrected chi connectivity index (χ0v) is 58.5. The van der Waals surface area contributed by atoms with Crippen LogP contribution in [0, 0.1) is 0 Å². The van der Waals surface area contributed by atoms with E-state index in [1.54, 1.807) is 0 Å². The average Bonchev–Trinajstić information content (AvgIpc) is 1.69. The smallest absolute Gasteiger partial charge is 0.137 e. The van der Waals surface area contributed by atoms with Gasteiger partial charge in [-0.2, -0.15) is 0 Å². The number of hydrogen-bond donors (Lipinski definition) is 1. The van der Waals surface area contributed by atoms with Gasteiger partial charge in [0, 0.05) is 52.5 Å². The first-order valence-corrected chi connectivity index (χ1v) is 36.4. The highest BCUT2D eigenvalue weighted by Crippen LogP contribution is 2.47. The molecule has 3 aromatic heterocycles. The Balaban J connectivity index is 0.000000123. The van der Waals surface area contributed by atoms with E-state index in [1.807, 2.05) is 59.9 Å². The van der Waals surface area contributed by atoms with Crippen LogP contribution in [-0.4, -0.2) is 0 Å². The van der Waals surface area contributed by atoms with Crippen LogP contribution in [0.15, 0.2) is 389 Å². The molecule has 16 aromatic carbocycles. The third kappa shape index (κ3) is 12.3. The lowest BCUT2D eigenvalue weighted by atomic mass is 9.95. The molecule has 0 bridgehead atoms. The maximum Gasteiger partial charge on any atom is 0.137 e. The van der Waals surface area contributed by atoms with Crippen molar-refractivity contribution in [1.29, 1.82) is 0 Å². The largest absolute Gasteiger partial charge is 0.456 e. The monoisotopic (exact) mass is 1400 g/mol. The molecular weight excluding hydrogens is 1340 g/mol. The lowest BCUT2D eigenvalue weighted by Crippen LogP contribution is -2.10. The number of benzene rings is 16. The predicted molar refractivity (Wildman–Crippen MR) is 440 cm³/mol. The molecule has 0 aliphatic heterocycles. The lowest BCUT2D eigenvalue weighted by Gasteiger charge is -2.27. The quantitative estimate of drug-likeness (QED) is 0.140. The van der Waals surface area contributed by atoms with E-state index >= 15 is 0 Å². The van der Waals surface area contributed by atoms with Gasteiger partial charge in [0.25, 0.3) is 0 Å². The molecule has 0 unspecified atom stereocenters. The van der Waals surface area contributed by atoms with E-state index in [0.29, 0.717) is 0 Å². The molecule has 1 N–H and O–H groups in total. The molecule has 0 fully saturated rings. The molecular formula is C97H65BrN2O2S. The Bertz CT molecular complexity index is 6260. The summed E-state index contributed by atoms with van der Waals surface area (Å²) < 4.78 is 16.2. The number of fused-ring (bicyclic) bond motifs is 12. The standard InChI is InChI=1S/C49H33NO.C30H21NO.C18H11BrS/c1-2-10-33(11-3-1)34-20-22-35(23-21-34)36-24-28-39(29-25-36)50(46-17-9-19-48-49(46)44-14-6-7-18-47(44)51-48)40-30-26-37(27-31-40)41-15-8-16-43-42-13-5-4-12-38(42)32-45(41)43;1-2-7-21(8-3-1)22-13-15-23(16-14-22)24-17-19-25(20-18-24)31-27-10-6-12-29-30(27)26-9-4-5-11-28(26)32-29;19-13-10-8-12(9-11-13)14-5-3-6-16-15-4-1-2-7-17(15)20-18(14)16/h1-31H,32H2;1-20,31H;1-11H. The zero-order chi connectivity index (χ0) is 68.6. The van der Waals surface area contributed by atoms with Crippen molar-refractivity contribution in [3.05, 3.63) is 392 Å². The molecule has 4 nitrogen and oxygen atoms in total. The number of hydrogen-bond acceptors (Lipinski definition) is 5. The van der Waals surface area contributed by atoms with Gasteiger partial charge in [0.15, 0.2) is 0 Å². The number of furan rings is 2. The summed E-state index contributed by atoms with van der Waals surface area (Å²) >= 11 is 5.37. The first-order valence-electron chi connectivity index (χ1n) is 34.8. The molecule has 0 spiro atoms. The van der Waals surface area contributed by atoms with E-state index in [9.17, 15) is 0 Å². The predicted octanol–water partition coefficient (Wildman–Crippen LogP) is 28.8. The van der Waals surface area contributed by atoms with Crippen molar-refractivity contribution in [2.45, 2.75) is 6.42 Å². The van der Waals surface area contributed by atoms with Crippen LogP contribution in [-0.2, 0) is 6.42 Å². The highest BCUT2D eigenvalue weighted by molar-refractivity contribution is 9.10. The van der Waals surface area contributed by atoms with E-state index < -0.39 is 0 Å². The van der Waals surface area contributed by atoms with Gasteiger partial charge in [-0.1, -0.05) is 301 Å². The number of para-hydroxylation sites is 2. The van der Waals surface area contributed by atoms with Gasteiger partial charge in [-0.15, -0.1) is 11.3 Å². The van der Waals surface area contributed by atoms with Crippen LogP contribution in [0.3, 0.4) is 0 Å². The van der Waals surface area contributed by atoms with E-state index in [2.05, 4.69) is 354 Å². The van der Waals surface area contributed by atoms with E-state index in [1.165, 1.54) is 109 Å². The Morgan fingerprint density at radius 1 is 0.291 bits per heavy atom. The van der Waals surface area contributed by atoms with Crippen molar-refractivity contribution in [2.75, 3.05) is 10.2 Å². The summed E-state index contributed by atoms with van der Waals surface area (Å²) in [6.07, 6.45) is 0.965. The highest BCUT2D eigenvalue weighted by Gasteiger charge is 2.24. The minimum absolute atomic E-state index is 0.880. The third-order valence-electron chi connectivity index (χ3n) is 19.8. The summed E-state index contributed by atoms with van der Waals surface area (Å²) in [5.41, 5.74) is 29.2. The average molecular weight is 1400 g/mol. The number of nitrogens with one attached hydrogen (secondary N) is 1. The van der Waals surface area contributed by atoms with E-state index in [-0.39, 0.29) is 0 Å². The third-order valence-corrected chi connectivity index (χ3v) is 21.6. The zero-order valence-electron chi connectivity index (χ0n) is 56.1. The Morgan fingerprint density at radius 3 is 1.32 bits per heavy atom. The Labute approximate surface area is 610 Å². The molecule has 19 aromatic rings. The van der Waals surface area contributed by atoms with Gasteiger partial charge < -0.3 is 19.1 Å². The van der Waals surface area contributed by atoms with Crippen LogP contribution in [0.25, 0.3) is 142 Å². The Hall–Kier alpha value is -12.6. The maximum absolute atomic E-state index is 6.35. The maximum atomic E-state index is 6.35. The Morgan fingerprint density at radius 2 is 0.699 bits per heavy atom. The lowest BCUT2D eigenvalue weighted by molar-refractivity contribution is 0.668. The number of thiophene rings is 1.